The lowest BCUT2D eigenvalue weighted by Gasteiger charge is -2.10. The van der Waals surface area contributed by atoms with Crippen LogP contribution < -0.4 is 10.1 Å². The summed E-state index contributed by atoms with van der Waals surface area (Å²) in [5, 5.41) is 4.72. The minimum atomic E-state index is 0.606. The van der Waals surface area contributed by atoms with E-state index in [2.05, 4.69) is 11.4 Å². The molecule has 0 unspecified atom stereocenters. The molecule has 106 valence electrons. The Hall–Kier alpha value is -1.38. The lowest BCUT2D eigenvalue weighted by atomic mass is 10.1. The zero-order valence-electron chi connectivity index (χ0n) is 11.5. The number of hydrogen-bond donors (Lipinski definition) is 1. The molecule has 0 radical (unpaired) electrons. The fourth-order valence-corrected chi connectivity index (χ4v) is 2.27. The van der Waals surface area contributed by atoms with Crippen molar-refractivity contribution in [1.82, 2.24) is 0 Å². The minimum Gasteiger partial charge on any atom is -0.492 e. The second-order valence-corrected chi connectivity index (χ2v) is 5.33. The molecule has 0 amide bonds. The van der Waals surface area contributed by atoms with Gasteiger partial charge in [0, 0.05) is 17.3 Å². The fraction of sp³-hybridized carbons (Fsp3) is 0.250. The predicted octanol–water partition coefficient (Wildman–Crippen LogP) is 5.31. The van der Waals surface area contributed by atoms with Gasteiger partial charge in [0.1, 0.15) is 5.75 Å². The molecule has 0 aromatic heterocycles. The molecule has 2 aromatic rings. The largest absolute Gasteiger partial charge is 0.492 e. The average molecular weight is 310 g/mol. The third-order valence-corrected chi connectivity index (χ3v) is 3.67. The van der Waals surface area contributed by atoms with Gasteiger partial charge in [-0.3, -0.25) is 0 Å². The Kier molecular flexibility index (Phi) is 5.16. The molecular formula is C16H17Cl2NO. The molecule has 0 fully saturated rings. The van der Waals surface area contributed by atoms with Crippen LogP contribution in [0.3, 0.4) is 0 Å². The summed E-state index contributed by atoms with van der Waals surface area (Å²) in [6.45, 7) is 5.23. The van der Waals surface area contributed by atoms with Crippen molar-refractivity contribution in [3.05, 3.63) is 57.6 Å². The second-order valence-electron chi connectivity index (χ2n) is 4.52. The first-order chi connectivity index (χ1) is 9.60. The Balaban J connectivity index is 2.03. The number of aryl methyl sites for hydroxylation is 1. The highest BCUT2D eigenvalue weighted by Gasteiger charge is 2.03. The molecule has 20 heavy (non-hydrogen) atoms. The maximum Gasteiger partial charge on any atom is 0.138 e. The third-order valence-electron chi connectivity index (χ3n) is 2.96. The molecule has 2 nitrogen and oxygen atoms in total. The van der Waals surface area contributed by atoms with Crippen molar-refractivity contribution in [2.75, 3.05) is 11.9 Å². The number of rotatable bonds is 5. The number of anilines is 1. The van der Waals surface area contributed by atoms with E-state index in [9.17, 15) is 0 Å². The van der Waals surface area contributed by atoms with Gasteiger partial charge in [-0.2, -0.15) is 0 Å². The summed E-state index contributed by atoms with van der Waals surface area (Å²) in [4.78, 5) is 0. The van der Waals surface area contributed by atoms with E-state index in [4.69, 9.17) is 27.9 Å². The molecule has 0 atom stereocenters. The number of benzene rings is 2. The molecule has 0 aliphatic heterocycles. The number of hydrogen-bond acceptors (Lipinski definition) is 2. The molecule has 0 aliphatic rings. The average Bonchev–Trinajstić information content (AvgIpc) is 2.43. The van der Waals surface area contributed by atoms with E-state index in [1.165, 1.54) is 0 Å². The highest BCUT2D eigenvalue weighted by molar-refractivity contribution is 6.32. The molecule has 0 bridgehead atoms. The number of ether oxygens (including phenoxy) is 1. The molecule has 0 saturated carbocycles. The van der Waals surface area contributed by atoms with Gasteiger partial charge in [0.05, 0.1) is 11.6 Å². The topological polar surface area (TPSA) is 21.3 Å². The van der Waals surface area contributed by atoms with Crippen LogP contribution >= 0.6 is 23.2 Å². The fourth-order valence-electron chi connectivity index (χ4n) is 1.83. The summed E-state index contributed by atoms with van der Waals surface area (Å²) >= 11 is 12.3. The monoisotopic (exact) mass is 309 g/mol. The Morgan fingerprint density at radius 1 is 1.05 bits per heavy atom. The van der Waals surface area contributed by atoms with Crippen molar-refractivity contribution in [1.29, 1.82) is 0 Å². The molecule has 1 N–H and O–H groups in total. The normalized spacial score (nSPS) is 10.4. The van der Waals surface area contributed by atoms with Crippen molar-refractivity contribution in [3.8, 4) is 5.75 Å². The van der Waals surface area contributed by atoms with Crippen molar-refractivity contribution in [2.45, 2.75) is 20.4 Å². The Morgan fingerprint density at radius 3 is 2.50 bits per heavy atom. The van der Waals surface area contributed by atoms with Gasteiger partial charge in [0.2, 0.25) is 0 Å². The standard InChI is InChI=1S/C16H17Cl2NO/c1-3-20-16-7-6-13(9-15(16)18)19-10-12-5-4-11(2)14(17)8-12/h4-9,19H,3,10H2,1-2H3. The Labute approximate surface area is 129 Å². The lowest BCUT2D eigenvalue weighted by Crippen LogP contribution is -2.00. The Bertz CT molecular complexity index is 599. The highest BCUT2D eigenvalue weighted by atomic mass is 35.5. The van der Waals surface area contributed by atoms with Gasteiger partial charge >= 0.3 is 0 Å². The van der Waals surface area contributed by atoms with E-state index in [1.807, 2.05) is 44.2 Å². The van der Waals surface area contributed by atoms with Crippen LogP contribution in [0.25, 0.3) is 0 Å². The second kappa shape index (κ2) is 6.87. The number of halogens is 2. The molecule has 2 rings (SSSR count). The summed E-state index contributed by atoms with van der Waals surface area (Å²) in [5.41, 5.74) is 3.17. The summed E-state index contributed by atoms with van der Waals surface area (Å²) < 4.78 is 5.41. The Morgan fingerprint density at radius 2 is 1.85 bits per heavy atom. The summed E-state index contributed by atoms with van der Waals surface area (Å²) in [6, 6.07) is 11.7. The van der Waals surface area contributed by atoms with Crippen LogP contribution in [0.2, 0.25) is 10.0 Å². The summed E-state index contributed by atoms with van der Waals surface area (Å²) in [7, 11) is 0. The van der Waals surface area contributed by atoms with E-state index in [-0.39, 0.29) is 0 Å². The van der Waals surface area contributed by atoms with Crippen LogP contribution in [0.4, 0.5) is 5.69 Å². The van der Waals surface area contributed by atoms with Crippen molar-refractivity contribution in [2.24, 2.45) is 0 Å². The van der Waals surface area contributed by atoms with Crippen LogP contribution in [0.1, 0.15) is 18.1 Å². The van der Waals surface area contributed by atoms with E-state index in [0.29, 0.717) is 23.9 Å². The van der Waals surface area contributed by atoms with Crippen LogP contribution in [0.5, 0.6) is 5.75 Å². The van der Waals surface area contributed by atoms with E-state index < -0.39 is 0 Å². The van der Waals surface area contributed by atoms with Crippen molar-refractivity contribution >= 4 is 28.9 Å². The highest BCUT2D eigenvalue weighted by Crippen LogP contribution is 2.28. The van der Waals surface area contributed by atoms with Crippen molar-refractivity contribution < 1.29 is 4.74 Å². The van der Waals surface area contributed by atoms with Gasteiger partial charge < -0.3 is 10.1 Å². The quantitative estimate of drug-likeness (QED) is 0.807. The maximum absolute atomic E-state index is 6.15. The molecule has 0 heterocycles. The van der Waals surface area contributed by atoms with E-state index in [0.717, 1.165) is 21.8 Å². The molecule has 0 spiro atoms. The maximum atomic E-state index is 6.15. The van der Waals surface area contributed by atoms with Crippen molar-refractivity contribution in [3.63, 3.8) is 0 Å². The first-order valence-electron chi connectivity index (χ1n) is 6.51. The van der Waals surface area contributed by atoms with Crippen LogP contribution in [0, 0.1) is 6.92 Å². The number of nitrogens with one attached hydrogen (secondary N) is 1. The van der Waals surface area contributed by atoms with Crippen LogP contribution in [0.15, 0.2) is 36.4 Å². The molecule has 2 aromatic carbocycles. The summed E-state index contributed by atoms with van der Waals surface area (Å²) in [6.07, 6.45) is 0. The van der Waals surface area contributed by atoms with E-state index >= 15 is 0 Å². The summed E-state index contributed by atoms with van der Waals surface area (Å²) in [5.74, 6) is 0.707. The van der Waals surface area contributed by atoms with Crippen LogP contribution in [-0.2, 0) is 6.54 Å². The molecular weight excluding hydrogens is 293 g/mol. The van der Waals surface area contributed by atoms with Gasteiger partial charge in [-0.1, -0.05) is 35.3 Å². The lowest BCUT2D eigenvalue weighted by molar-refractivity contribution is 0.340. The minimum absolute atomic E-state index is 0.606. The molecule has 0 aliphatic carbocycles. The van der Waals surface area contributed by atoms with Gasteiger partial charge in [-0.15, -0.1) is 0 Å². The van der Waals surface area contributed by atoms with E-state index in [1.54, 1.807) is 0 Å². The molecule has 4 heteroatoms. The van der Waals surface area contributed by atoms with Gasteiger partial charge in [0.15, 0.2) is 0 Å². The first-order valence-corrected chi connectivity index (χ1v) is 7.27. The van der Waals surface area contributed by atoms with Crippen LogP contribution in [-0.4, -0.2) is 6.61 Å². The zero-order chi connectivity index (χ0) is 14.5. The smallest absolute Gasteiger partial charge is 0.138 e. The van der Waals surface area contributed by atoms with Gasteiger partial charge in [-0.05, 0) is 49.2 Å². The third kappa shape index (κ3) is 3.81. The zero-order valence-corrected chi connectivity index (χ0v) is 13.1. The van der Waals surface area contributed by atoms with Gasteiger partial charge in [-0.25, -0.2) is 0 Å². The first kappa shape index (κ1) is 15.0. The predicted molar refractivity (Wildman–Crippen MR) is 86.1 cm³/mol. The van der Waals surface area contributed by atoms with Gasteiger partial charge in [0.25, 0.3) is 0 Å². The SMILES string of the molecule is CCOc1ccc(NCc2ccc(C)c(Cl)c2)cc1Cl. The molecule has 0 saturated heterocycles.